The molecule has 3 saturated carbocycles. The Morgan fingerprint density at radius 2 is 1.87 bits per heavy atom. The number of benzene rings is 1. The molecule has 0 saturated heterocycles. The molecule has 1 aliphatic heterocycles. The van der Waals surface area contributed by atoms with E-state index in [-0.39, 0.29) is 38.0 Å². The van der Waals surface area contributed by atoms with Crippen LogP contribution in [0.15, 0.2) is 35.7 Å². The lowest BCUT2D eigenvalue weighted by Crippen LogP contribution is -2.54. The smallest absolute Gasteiger partial charge is 0.259 e. The Morgan fingerprint density at radius 1 is 1.11 bits per heavy atom. The lowest BCUT2D eigenvalue weighted by atomic mass is 9.93. The van der Waals surface area contributed by atoms with Crippen molar-refractivity contribution in [2.45, 2.75) is 102 Å². The van der Waals surface area contributed by atoms with Crippen LogP contribution in [0.3, 0.4) is 0 Å². The first-order valence-corrected chi connectivity index (χ1v) is 20.6. The van der Waals surface area contributed by atoms with Crippen LogP contribution in [0.5, 0.6) is 11.5 Å². The summed E-state index contributed by atoms with van der Waals surface area (Å²) in [6.07, 6.45) is 7.61. The minimum absolute atomic E-state index is 0. The molecule has 3 fully saturated rings. The van der Waals surface area contributed by atoms with Crippen molar-refractivity contribution in [3.63, 3.8) is 0 Å². The zero-order valence-electron chi connectivity index (χ0n) is 30.3. The number of fused-ring (bicyclic) bond motifs is 3. The van der Waals surface area contributed by atoms with E-state index in [1.807, 2.05) is 42.7 Å². The van der Waals surface area contributed by atoms with Gasteiger partial charge in [0.1, 0.15) is 33.8 Å². The number of amides is 3. The molecule has 0 radical (unpaired) electrons. The van der Waals surface area contributed by atoms with Crippen LogP contribution in [0.2, 0.25) is 0 Å². The molecular weight excluding hydrogens is 715 g/mol. The second kappa shape index (κ2) is 15.0. The summed E-state index contributed by atoms with van der Waals surface area (Å²) in [5, 5.41) is 5.95. The Labute approximate surface area is 316 Å². The van der Waals surface area contributed by atoms with E-state index in [2.05, 4.69) is 23.9 Å². The number of ether oxygens (including phenoxy) is 2. The van der Waals surface area contributed by atoms with Gasteiger partial charge in [-0.15, -0.1) is 11.3 Å². The molecule has 3 amide bonds. The van der Waals surface area contributed by atoms with Gasteiger partial charge in [-0.3, -0.25) is 19.1 Å². The fourth-order valence-corrected chi connectivity index (χ4v) is 9.85. The predicted octanol–water partition coefficient (Wildman–Crippen LogP) is 5.89. The Bertz CT molecular complexity index is 2040. The highest BCUT2D eigenvalue weighted by Crippen LogP contribution is 2.47. The monoisotopic (exact) mass is 765 g/mol. The van der Waals surface area contributed by atoms with Crippen LogP contribution < -0.4 is 19.5 Å². The highest BCUT2D eigenvalue weighted by atomic mass is 32.2. The molecule has 3 heterocycles. The molecule has 4 aliphatic rings. The molecule has 1 aromatic carbocycles. The summed E-state index contributed by atoms with van der Waals surface area (Å²) in [7, 11) is -0.445. The van der Waals surface area contributed by atoms with Crippen molar-refractivity contribution in [2.75, 3.05) is 20.7 Å². The average Bonchev–Trinajstić information content (AvgIpc) is 3.98. The fraction of sp³-hybridized carbons (Fsp3) is 0.564. The van der Waals surface area contributed by atoms with Gasteiger partial charge >= 0.3 is 0 Å². The molecule has 286 valence electrons. The quantitative estimate of drug-likeness (QED) is 0.267. The van der Waals surface area contributed by atoms with E-state index in [1.54, 1.807) is 19.1 Å². The fourth-order valence-electron chi connectivity index (χ4n) is 7.55. The Balaban J connectivity index is 0.00000481. The lowest BCUT2D eigenvalue weighted by Gasteiger charge is -2.26. The van der Waals surface area contributed by atoms with E-state index in [0.717, 1.165) is 40.9 Å². The van der Waals surface area contributed by atoms with Gasteiger partial charge in [0.25, 0.3) is 5.91 Å². The molecule has 0 unspecified atom stereocenters. The molecule has 53 heavy (non-hydrogen) atoms. The van der Waals surface area contributed by atoms with Crippen LogP contribution >= 0.6 is 11.3 Å². The summed E-state index contributed by atoms with van der Waals surface area (Å²) in [4.78, 5) is 53.5. The number of aryl methyl sites for hydroxylation is 1. The van der Waals surface area contributed by atoms with Gasteiger partial charge in [-0.05, 0) is 76.3 Å². The highest BCUT2D eigenvalue weighted by molar-refractivity contribution is 7.91. The largest absolute Gasteiger partial charge is 0.496 e. The number of aromatic nitrogens is 2. The Morgan fingerprint density at radius 3 is 2.57 bits per heavy atom. The molecule has 3 aliphatic carbocycles. The van der Waals surface area contributed by atoms with E-state index in [0.29, 0.717) is 48.5 Å². The highest BCUT2D eigenvalue weighted by Gasteiger charge is 2.62. The van der Waals surface area contributed by atoms with Crippen molar-refractivity contribution < 1.29 is 32.3 Å². The van der Waals surface area contributed by atoms with Gasteiger partial charge in [0.15, 0.2) is 0 Å². The van der Waals surface area contributed by atoms with Crippen LogP contribution in [0.1, 0.15) is 89.8 Å². The number of hydrogen-bond acceptors (Lipinski definition) is 10. The van der Waals surface area contributed by atoms with E-state index in [1.165, 1.54) is 11.3 Å². The first-order valence-electron chi connectivity index (χ1n) is 18.2. The second-order valence-corrected chi connectivity index (χ2v) is 17.9. The second-order valence-electron chi connectivity index (χ2n) is 15.1. The number of nitrogens with one attached hydrogen (secondary N) is 2. The number of methoxy groups -OCH3 is 1. The molecule has 0 spiro atoms. The number of hydrogen-bond donors (Lipinski definition) is 2. The van der Waals surface area contributed by atoms with Crippen LogP contribution in [-0.2, 0) is 24.4 Å². The summed E-state index contributed by atoms with van der Waals surface area (Å²) in [5.74, 6) is -1.63. The number of nitrogens with zero attached hydrogens (tertiary/aromatic N) is 3. The standard InChI is InChI=1S/C38H47N5O7S2.CH4/c1-21(2)30-20-51-35(40-30)29-18-32(26-13-14-31(49-5)22(3)33(26)39-29)50-24-16-27-28(17-24)36(45)43(4)15-9-7-6-8-10-23-19-38(23,41-34(27)44)37(46)42-52(47,48)25-11-12-25;/h8,10,13-14,18,20-21,23-25,27-28H,6-7,9,11-12,15-17,19H2,1-5H3,(H,41,44)(H,42,46);1H4/b10-8-;/t23-,24-,27-,28-,38-;/m1./s1. The predicted molar refractivity (Wildman–Crippen MR) is 205 cm³/mol. The van der Waals surface area contributed by atoms with Gasteiger partial charge in [-0.25, -0.2) is 18.4 Å². The van der Waals surface area contributed by atoms with Gasteiger partial charge in [0.05, 0.1) is 35.4 Å². The van der Waals surface area contributed by atoms with Gasteiger partial charge in [0.2, 0.25) is 21.8 Å². The minimum Gasteiger partial charge on any atom is -0.496 e. The maximum absolute atomic E-state index is 14.3. The molecular formula is C39H51N5O7S2. The summed E-state index contributed by atoms with van der Waals surface area (Å²) < 4.78 is 40.2. The topological polar surface area (TPSA) is 157 Å². The third-order valence-corrected chi connectivity index (χ3v) is 13.7. The summed E-state index contributed by atoms with van der Waals surface area (Å²) in [6.45, 7) is 6.69. The molecule has 3 aromatic rings. The molecule has 7 rings (SSSR count). The maximum atomic E-state index is 14.3. The molecule has 14 heteroatoms. The molecule has 0 bridgehead atoms. The number of carbonyl (C=O) groups is 3. The molecule has 12 nitrogen and oxygen atoms in total. The SMILES string of the molecule is C.COc1ccc2c(O[C@@H]3C[C@H]4C(=O)N[C@]5(C(=O)NS(=O)(=O)C6CC6)C[C@H]5/C=C\CCCCN(C)C(=O)[C@@H]4C3)cc(-c3nc(C(C)C)cs3)nc2c1C. The number of carbonyl (C=O) groups excluding carboxylic acids is 3. The van der Waals surface area contributed by atoms with E-state index >= 15 is 0 Å². The molecule has 2 aromatic heterocycles. The number of rotatable bonds is 8. The van der Waals surface area contributed by atoms with E-state index < -0.39 is 50.6 Å². The van der Waals surface area contributed by atoms with E-state index in [4.69, 9.17) is 19.4 Å². The van der Waals surface area contributed by atoms with Crippen LogP contribution in [0.25, 0.3) is 21.6 Å². The van der Waals surface area contributed by atoms with Crippen molar-refractivity contribution in [1.29, 1.82) is 0 Å². The summed E-state index contributed by atoms with van der Waals surface area (Å²) in [6, 6.07) is 5.66. The van der Waals surface area contributed by atoms with E-state index in [9.17, 15) is 22.8 Å². The van der Waals surface area contributed by atoms with Crippen molar-refractivity contribution >= 4 is 50.0 Å². The van der Waals surface area contributed by atoms with Crippen molar-refractivity contribution in [3.05, 3.63) is 47.0 Å². The molecule has 5 atom stereocenters. The third kappa shape index (κ3) is 7.67. The first-order chi connectivity index (χ1) is 24.8. The number of sulfonamides is 1. The molecule has 2 N–H and O–H groups in total. The lowest BCUT2D eigenvalue weighted by molar-refractivity contribution is -0.140. The van der Waals surface area contributed by atoms with Gasteiger partial charge in [-0.2, -0.15) is 0 Å². The van der Waals surface area contributed by atoms with Crippen LogP contribution in [-0.4, -0.2) is 78.6 Å². The van der Waals surface area contributed by atoms with Gasteiger partial charge in [-0.1, -0.05) is 33.4 Å². The average molecular weight is 766 g/mol. The zero-order chi connectivity index (χ0) is 36.9. The van der Waals surface area contributed by atoms with Gasteiger partial charge < -0.3 is 19.7 Å². The van der Waals surface area contributed by atoms with Crippen LogP contribution in [0, 0.1) is 24.7 Å². The number of allylic oxidation sites excluding steroid dienone is 1. The Hall–Kier alpha value is -4.04. The Kier molecular flexibility index (Phi) is 10.9. The maximum Gasteiger partial charge on any atom is 0.259 e. The van der Waals surface area contributed by atoms with Crippen molar-refractivity contribution in [2.24, 2.45) is 17.8 Å². The van der Waals surface area contributed by atoms with Crippen LogP contribution in [0.4, 0.5) is 0 Å². The van der Waals surface area contributed by atoms with Crippen molar-refractivity contribution in [3.8, 4) is 22.2 Å². The van der Waals surface area contributed by atoms with Gasteiger partial charge in [0, 0.05) is 41.9 Å². The summed E-state index contributed by atoms with van der Waals surface area (Å²) >= 11 is 1.51. The normalized spacial score (nSPS) is 26.9. The number of thiazole rings is 1. The number of pyridine rings is 1. The zero-order valence-corrected chi connectivity index (χ0v) is 31.9. The summed E-state index contributed by atoms with van der Waals surface area (Å²) in [5.41, 5.74) is 1.79. The van der Waals surface area contributed by atoms with Crippen molar-refractivity contribution in [1.82, 2.24) is 24.9 Å². The first kappa shape index (κ1) is 38.7. The minimum atomic E-state index is -3.83. The third-order valence-electron chi connectivity index (χ3n) is 11.0.